The molecule has 0 saturated carbocycles. The van der Waals surface area contributed by atoms with Crippen LogP contribution in [0.25, 0.3) is 0 Å². The van der Waals surface area contributed by atoms with Gasteiger partial charge in [-0.25, -0.2) is 4.98 Å². The number of rotatable bonds is 2. The first-order chi connectivity index (χ1) is 8.13. The fourth-order valence-electron chi connectivity index (χ4n) is 1.61. The Bertz CT molecular complexity index is 649. The van der Waals surface area contributed by atoms with E-state index in [1.807, 2.05) is 26.0 Å². The van der Waals surface area contributed by atoms with Crippen molar-refractivity contribution in [1.82, 2.24) is 9.55 Å². The van der Waals surface area contributed by atoms with Crippen LogP contribution in [-0.2, 0) is 6.54 Å². The Morgan fingerprint density at radius 1 is 1.53 bits per heavy atom. The van der Waals surface area contributed by atoms with E-state index in [4.69, 9.17) is 5.26 Å². The molecule has 0 atom stereocenters. The molecule has 0 spiro atoms. The zero-order valence-electron chi connectivity index (χ0n) is 9.60. The van der Waals surface area contributed by atoms with Crippen LogP contribution in [0.4, 0.5) is 0 Å². The fraction of sp³-hybridized carbons (Fsp3) is 0.250. The van der Waals surface area contributed by atoms with Crippen molar-refractivity contribution in [2.75, 3.05) is 0 Å². The molecule has 0 fully saturated rings. The van der Waals surface area contributed by atoms with Crippen LogP contribution in [0.15, 0.2) is 23.1 Å². The second-order valence-electron chi connectivity index (χ2n) is 3.72. The number of thiazole rings is 1. The van der Waals surface area contributed by atoms with Gasteiger partial charge in [-0.1, -0.05) is 17.4 Å². The summed E-state index contributed by atoms with van der Waals surface area (Å²) in [6.07, 6.45) is 1.58. The van der Waals surface area contributed by atoms with E-state index in [9.17, 15) is 4.79 Å². The van der Waals surface area contributed by atoms with Crippen LogP contribution in [0.5, 0.6) is 0 Å². The molecular formula is C12H11N3OS. The van der Waals surface area contributed by atoms with Crippen molar-refractivity contribution in [3.05, 3.63) is 49.8 Å². The Balaban J connectivity index is 2.46. The topological polar surface area (TPSA) is 58.7 Å². The van der Waals surface area contributed by atoms with Crippen LogP contribution in [0.2, 0.25) is 0 Å². The summed E-state index contributed by atoms with van der Waals surface area (Å²) >= 11 is 1.23. The van der Waals surface area contributed by atoms with Crippen molar-refractivity contribution in [2.45, 2.75) is 20.4 Å². The molecule has 0 aliphatic heterocycles. The molecule has 0 aromatic carbocycles. The van der Waals surface area contributed by atoms with Crippen molar-refractivity contribution in [3.8, 4) is 6.07 Å². The van der Waals surface area contributed by atoms with E-state index in [-0.39, 0.29) is 4.87 Å². The highest BCUT2D eigenvalue weighted by Gasteiger charge is 2.10. The van der Waals surface area contributed by atoms with E-state index in [1.54, 1.807) is 16.8 Å². The summed E-state index contributed by atoms with van der Waals surface area (Å²) in [5.41, 5.74) is 2.10. The quantitative estimate of drug-likeness (QED) is 0.811. The SMILES string of the molecule is Cc1sc(=O)n(Cc2cccnc2C#N)c1C. The highest BCUT2D eigenvalue weighted by molar-refractivity contribution is 7.09. The molecular weight excluding hydrogens is 234 g/mol. The highest BCUT2D eigenvalue weighted by atomic mass is 32.1. The van der Waals surface area contributed by atoms with Crippen LogP contribution in [0, 0.1) is 25.2 Å². The minimum absolute atomic E-state index is 0.00717. The molecule has 0 saturated heterocycles. The molecule has 5 heteroatoms. The molecule has 4 nitrogen and oxygen atoms in total. The second-order valence-corrected chi connectivity index (χ2v) is 4.88. The number of pyridine rings is 1. The summed E-state index contributed by atoms with van der Waals surface area (Å²) < 4.78 is 1.68. The molecule has 17 heavy (non-hydrogen) atoms. The zero-order valence-corrected chi connectivity index (χ0v) is 10.4. The minimum atomic E-state index is 0.00717. The number of nitrogens with zero attached hydrogens (tertiary/aromatic N) is 3. The average molecular weight is 245 g/mol. The zero-order chi connectivity index (χ0) is 12.4. The van der Waals surface area contributed by atoms with Gasteiger partial charge in [0, 0.05) is 22.3 Å². The van der Waals surface area contributed by atoms with Gasteiger partial charge < -0.3 is 0 Å². The second kappa shape index (κ2) is 4.52. The molecule has 86 valence electrons. The molecule has 0 amide bonds. The Labute approximate surface area is 103 Å². The van der Waals surface area contributed by atoms with Gasteiger partial charge in [-0.15, -0.1) is 0 Å². The Kier molecular flexibility index (Phi) is 3.07. The first-order valence-corrected chi connectivity index (χ1v) is 5.96. The normalized spacial score (nSPS) is 10.2. The summed E-state index contributed by atoms with van der Waals surface area (Å²) in [6.45, 7) is 4.24. The van der Waals surface area contributed by atoms with Gasteiger partial charge in [0.25, 0.3) is 0 Å². The van der Waals surface area contributed by atoms with Crippen molar-refractivity contribution >= 4 is 11.3 Å². The summed E-state index contributed by atoms with van der Waals surface area (Å²) in [4.78, 5) is 16.7. The van der Waals surface area contributed by atoms with Crippen LogP contribution in [-0.4, -0.2) is 9.55 Å². The smallest absolute Gasteiger partial charge is 0.299 e. The van der Waals surface area contributed by atoms with E-state index < -0.39 is 0 Å². The van der Waals surface area contributed by atoms with Crippen molar-refractivity contribution < 1.29 is 0 Å². The first kappa shape index (κ1) is 11.6. The Hall–Kier alpha value is -1.93. The van der Waals surface area contributed by atoms with Gasteiger partial charge in [0.2, 0.25) is 0 Å². The van der Waals surface area contributed by atoms with E-state index >= 15 is 0 Å². The maximum absolute atomic E-state index is 11.7. The number of aromatic nitrogens is 2. The molecule has 2 aromatic rings. The van der Waals surface area contributed by atoms with Gasteiger partial charge in [-0.05, 0) is 19.9 Å². The van der Waals surface area contributed by atoms with Crippen molar-refractivity contribution in [2.24, 2.45) is 0 Å². The lowest BCUT2D eigenvalue weighted by atomic mass is 10.2. The van der Waals surface area contributed by atoms with E-state index in [0.717, 1.165) is 16.1 Å². The third kappa shape index (κ3) is 2.12. The summed E-state index contributed by atoms with van der Waals surface area (Å²) in [5, 5.41) is 8.94. The summed E-state index contributed by atoms with van der Waals surface area (Å²) in [6, 6.07) is 5.64. The summed E-state index contributed by atoms with van der Waals surface area (Å²) in [5.74, 6) is 0. The van der Waals surface area contributed by atoms with Crippen LogP contribution >= 0.6 is 11.3 Å². The molecule has 0 aliphatic rings. The van der Waals surface area contributed by atoms with Crippen LogP contribution in [0.1, 0.15) is 21.8 Å². The monoisotopic (exact) mass is 245 g/mol. The lowest BCUT2D eigenvalue weighted by Gasteiger charge is -2.05. The number of hydrogen-bond acceptors (Lipinski definition) is 4. The van der Waals surface area contributed by atoms with E-state index in [1.165, 1.54) is 11.3 Å². The molecule has 2 heterocycles. The maximum Gasteiger partial charge on any atom is 0.307 e. The predicted octanol–water partition coefficient (Wildman–Crippen LogP) is 1.84. The molecule has 0 radical (unpaired) electrons. The maximum atomic E-state index is 11.7. The Morgan fingerprint density at radius 3 is 2.88 bits per heavy atom. The number of aryl methyl sites for hydroxylation is 1. The number of hydrogen-bond donors (Lipinski definition) is 0. The first-order valence-electron chi connectivity index (χ1n) is 5.14. The van der Waals surface area contributed by atoms with Gasteiger partial charge >= 0.3 is 4.87 Å². The minimum Gasteiger partial charge on any atom is -0.299 e. The Morgan fingerprint density at radius 2 is 2.29 bits per heavy atom. The summed E-state index contributed by atoms with van der Waals surface area (Å²) in [7, 11) is 0. The standard InChI is InChI=1S/C12H11N3OS/c1-8-9(2)17-12(16)15(8)7-10-4-3-5-14-11(10)6-13/h3-5H,7H2,1-2H3. The van der Waals surface area contributed by atoms with Gasteiger partial charge in [-0.2, -0.15) is 5.26 Å². The largest absolute Gasteiger partial charge is 0.307 e. The molecule has 0 aliphatic carbocycles. The lowest BCUT2D eigenvalue weighted by molar-refractivity contribution is 0.746. The van der Waals surface area contributed by atoms with Gasteiger partial charge in [0.05, 0.1) is 6.54 Å². The van der Waals surface area contributed by atoms with E-state index in [0.29, 0.717) is 12.2 Å². The van der Waals surface area contributed by atoms with Gasteiger partial charge in [0.1, 0.15) is 11.8 Å². The van der Waals surface area contributed by atoms with Crippen molar-refractivity contribution in [3.63, 3.8) is 0 Å². The van der Waals surface area contributed by atoms with Crippen LogP contribution < -0.4 is 4.87 Å². The van der Waals surface area contributed by atoms with Crippen molar-refractivity contribution in [1.29, 1.82) is 5.26 Å². The third-order valence-electron chi connectivity index (χ3n) is 2.70. The molecule has 2 rings (SSSR count). The van der Waals surface area contributed by atoms with Gasteiger partial charge in [-0.3, -0.25) is 9.36 Å². The molecule has 0 unspecified atom stereocenters. The fourth-order valence-corrected chi connectivity index (χ4v) is 2.44. The van der Waals surface area contributed by atoms with E-state index in [2.05, 4.69) is 4.98 Å². The number of nitriles is 1. The molecule has 2 aromatic heterocycles. The van der Waals surface area contributed by atoms with Gasteiger partial charge in [0.15, 0.2) is 0 Å². The lowest BCUT2D eigenvalue weighted by Crippen LogP contribution is -2.16. The predicted molar refractivity (Wildman–Crippen MR) is 66.1 cm³/mol. The highest BCUT2D eigenvalue weighted by Crippen LogP contribution is 2.13. The third-order valence-corrected chi connectivity index (χ3v) is 3.70. The average Bonchev–Trinajstić information content (AvgIpc) is 2.57. The molecule has 0 N–H and O–H groups in total. The molecule has 0 bridgehead atoms. The van der Waals surface area contributed by atoms with Crippen LogP contribution in [0.3, 0.4) is 0 Å².